The van der Waals surface area contributed by atoms with Crippen LogP contribution in [0.2, 0.25) is 0 Å². The van der Waals surface area contributed by atoms with Crippen molar-refractivity contribution in [3.8, 4) is 16.9 Å². The minimum atomic E-state index is -0.837. The topological polar surface area (TPSA) is 91.3 Å². The molecule has 224 valence electrons. The summed E-state index contributed by atoms with van der Waals surface area (Å²) in [5, 5.41) is 26.0. The van der Waals surface area contributed by atoms with Gasteiger partial charge in [0.25, 0.3) is 0 Å². The molecule has 41 heavy (non-hydrogen) atoms. The molecule has 4 aliphatic rings. The van der Waals surface area contributed by atoms with E-state index in [4.69, 9.17) is 9.57 Å². The van der Waals surface area contributed by atoms with Crippen LogP contribution in [0.3, 0.4) is 0 Å². The van der Waals surface area contributed by atoms with Gasteiger partial charge in [0.1, 0.15) is 17.9 Å². The SMILES string of the molecule is COc1c(CN2O[C@@H](CO)[C@@H]([C@H](C)O)[C@H]2C(=O)N[C@H]2C[C@H]3C[C@H]([C@@H]2C)C3(C)C)cccc1-c1cccc(C(C)C)c1. The number of rotatable bonds is 9. The van der Waals surface area contributed by atoms with Gasteiger partial charge in [0.15, 0.2) is 0 Å². The van der Waals surface area contributed by atoms with Crippen molar-refractivity contribution in [1.29, 1.82) is 0 Å². The number of fused-ring (bicyclic) bond motifs is 2. The third kappa shape index (κ3) is 5.42. The van der Waals surface area contributed by atoms with Gasteiger partial charge in [0.05, 0.1) is 26.4 Å². The number of ether oxygens (including phenoxy) is 1. The average molecular weight is 565 g/mol. The van der Waals surface area contributed by atoms with Gasteiger partial charge in [-0.05, 0) is 60.0 Å². The summed E-state index contributed by atoms with van der Waals surface area (Å²) in [4.78, 5) is 20.2. The number of nitrogens with one attached hydrogen (secondary N) is 1. The minimum Gasteiger partial charge on any atom is -0.496 e. The molecule has 2 bridgehead atoms. The summed E-state index contributed by atoms with van der Waals surface area (Å²) in [6, 6.07) is 13.8. The van der Waals surface area contributed by atoms with Crippen LogP contribution < -0.4 is 10.1 Å². The highest BCUT2D eigenvalue weighted by molar-refractivity contribution is 5.83. The maximum absolute atomic E-state index is 14.0. The summed E-state index contributed by atoms with van der Waals surface area (Å²) in [7, 11) is 1.66. The standard InChI is InChI=1S/C34H48N2O5/c1-19(2)22-10-8-11-23(14-22)26-13-9-12-24(32(26)40-7)17-36-31(30(21(4)38)29(18-37)41-36)33(39)35-28-16-25-15-27(20(28)3)34(25,5)6/h8-14,19-21,25,27-31,37-38H,15-18H2,1-7H3,(H,35,39)/t20-,21-,25+,27+,28-,29-,30+,31-/m0/s1. The molecule has 0 unspecified atom stereocenters. The summed E-state index contributed by atoms with van der Waals surface area (Å²) in [5.41, 5.74) is 4.47. The molecule has 6 rings (SSSR count). The van der Waals surface area contributed by atoms with Gasteiger partial charge in [-0.25, -0.2) is 0 Å². The normalized spacial score (nSPS) is 31.5. The van der Waals surface area contributed by atoms with Crippen LogP contribution in [0.15, 0.2) is 42.5 Å². The number of methoxy groups -OCH3 is 1. The molecule has 2 aromatic rings. The van der Waals surface area contributed by atoms with E-state index < -0.39 is 24.2 Å². The molecule has 7 heteroatoms. The Balaban J connectivity index is 1.43. The number of aliphatic hydroxyl groups is 2. The monoisotopic (exact) mass is 564 g/mol. The number of nitrogens with zero attached hydrogens (tertiary/aromatic N) is 1. The quantitative estimate of drug-likeness (QED) is 0.391. The van der Waals surface area contributed by atoms with Crippen LogP contribution in [0.25, 0.3) is 11.1 Å². The molecule has 1 saturated heterocycles. The number of carbonyl (C=O) groups excluding carboxylic acids is 1. The highest BCUT2D eigenvalue weighted by Gasteiger charge is 2.57. The fraction of sp³-hybridized carbons (Fsp3) is 0.618. The zero-order valence-electron chi connectivity index (χ0n) is 25.6. The number of hydrogen-bond acceptors (Lipinski definition) is 6. The van der Waals surface area contributed by atoms with Crippen molar-refractivity contribution in [3.05, 3.63) is 53.6 Å². The van der Waals surface area contributed by atoms with E-state index in [2.05, 4.69) is 64.2 Å². The lowest BCUT2D eigenvalue weighted by molar-refractivity contribution is -0.183. The van der Waals surface area contributed by atoms with Crippen LogP contribution in [0.4, 0.5) is 0 Å². The Hall–Kier alpha value is -2.45. The van der Waals surface area contributed by atoms with E-state index in [9.17, 15) is 15.0 Å². The Bertz CT molecular complexity index is 1240. The van der Waals surface area contributed by atoms with Crippen molar-refractivity contribution < 1.29 is 24.6 Å². The highest BCUT2D eigenvalue weighted by atomic mass is 16.7. The molecular weight excluding hydrogens is 516 g/mol. The Labute approximate surface area is 245 Å². The number of carbonyl (C=O) groups is 1. The van der Waals surface area contributed by atoms with Gasteiger partial charge in [-0.3, -0.25) is 9.63 Å². The summed E-state index contributed by atoms with van der Waals surface area (Å²) < 4.78 is 5.95. The predicted octanol–water partition coefficient (Wildman–Crippen LogP) is 5.15. The van der Waals surface area contributed by atoms with Crippen LogP contribution in [-0.4, -0.2) is 59.2 Å². The molecule has 0 spiro atoms. The lowest BCUT2D eigenvalue weighted by atomic mass is 9.45. The second kappa shape index (κ2) is 11.7. The molecule has 8 atom stereocenters. The first-order chi connectivity index (χ1) is 19.5. The van der Waals surface area contributed by atoms with Crippen LogP contribution in [0.5, 0.6) is 5.75 Å². The van der Waals surface area contributed by atoms with Crippen molar-refractivity contribution in [2.75, 3.05) is 13.7 Å². The highest BCUT2D eigenvalue weighted by Crippen LogP contribution is 2.61. The molecular formula is C34H48N2O5. The molecule has 2 aromatic carbocycles. The number of aliphatic hydroxyl groups excluding tert-OH is 2. The Morgan fingerprint density at radius 1 is 1.17 bits per heavy atom. The Morgan fingerprint density at radius 3 is 2.51 bits per heavy atom. The van der Waals surface area contributed by atoms with Gasteiger partial charge in [-0.15, -0.1) is 0 Å². The zero-order valence-corrected chi connectivity index (χ0v) is 25.6. The zero-order chi connectivity index (χ0) is 29.6. The van der Waals surface area contributed by atoms with Crippen LogP contribution >= 0.6 is 0 Å². The molecule has 1 aliphatic heterocycles. The number of para-hydroxylation sites is 1. The van der Waals surface area contributed by atoms with Crippen LogP contribution in [-0.2, 0) is 16.2 Å². The molecule has 0 radical (unpaired) electrons. The van der Waals surface area contributed by atoms with Gasteiger partial charge in [0.2, 0.25) is 5.91 Å². The van der Waals surface area contributed by atoms with E-state index in [-0.39, 0.29) is 25.1 Å². The number of hydroxylamine groups is 2. The van der Waals surface area contributed by atoms with Crippen LogP contribution in [0, 0.1) is 29.1 Å². The fourth-order valence-electron chi connectivity index (χ4n) is 7.90. The van der Waals surface area contributed by atoms with Gasteiger partial charge >= 0.3 is 0 Å². The van der Waals surface area contributed by atoms with E-state index in [0.29, 0.717) is 29.1 Å². The average Bonchev–Trinajstić information content (AvgIpc) is 3.32. The van der Waals surface area contributed by atoms with E-state index in [1.54, 1.807) is 19.1 Å². The van der Waals surface area contributed by atoms with Crippen molar-refractivity contribution in [2.45, 2.75) is 91.1 Å². The molecule has 1 amide bonds. The van der Waals surface area contributed by atoms with Gasteiger partial charge in [-0.1, -0.05) is 77.1 Å². The summed E-state index contributed by atoms with van der Waals surface area (Å²) >= 11 is 0. The maximum atomic E-state index is 14.0. The molecule has 3 aliphatic carbocycles. The predicted molar refractivity (Wildman–Crippen MR) is 160 cm³/mol. The fourth-order valence-corrected chi connectivity index (χ4v) is 7.90. The van der Waals surface area contributed by atoms with Crippen LogP contribution in [0.1, 0.15) is 71.4 Å². The van der Waals surface area contributed by atoms with E-state index >= 15 is 0 Å². The lowest BCUT2D eigenvalue weighted by Crippen LogP contribution is -2.62. The molecule has 4 fully saturated rings. The van der Waals surface area contributed by atoms with Crippen molar-refractivity contribution >= 4 is 5.91 Å². The molecule has 3 saturated carbocycles. The van der Waals surface area contributed by atoms with Gasteiger partial charge < -0.3 is 20.3 Å². The van der Waals surface area contributed by atoms with E-state index in [0.717, 1.165) is 28.9 Å². The summed E-state index contributed by atoms with van der Waals surface area (Å²) in [5.74, 6) is 2.00. The molecule has 1 heterocycles. The Kier molecular flexibility index (Phi) is 8.55. The summed E-state index contributed by atoms with van der Waals surface area (Å²) in [6.07, 6.45) is 0.686. The van der Waals surface area contributed by atoms with Gasteiger partial charge in [0, 0.05) is 23.1 Å². The van der Waals surface area contributed by atoms with Crippen molar-refractivity contribution in [3.63, 3.8) is 0 Å². The largest absolute Gasteiger partial charge is 0.496 e. The number of amides is 1. The lowest BCUT2D eigenvalue weighted by Gasteiger charge is -2.62. The second-order valence-corrected chi connectivity index (χ2v) is 13.5. The Morgan fingerprint density at radius 2 is 1.90 bits per heavy atom. The molecule has 7 nitrogen and oxygen atoms in total. The maximum Gasteiger partial charge on any atom is 0.240 e. The minimum absolute atomic E-state index is 0.0926. The first-order valence-corrected chi connectivity index (χ1v) is 15.3. The van der Waals surface area contributed by atoms with Crippen molar-refractivity contribution in [2.24, 2.45) is 29.1 Å². The van der Waals surface area contributed by atoms with Crippen molar-refractivity contribution in [1.82, 2.24) is 10.4 Å². The number of hydrogen-bond donors (Lipinski definition) is 3. The van der Waals surface area contributed by atoms with Gasteiger partial charge in [-0.2, -0.15) is 5.06 Å². The third-order valence-electron chi connectivity index (χ3n) is 10.6. The smallest absolute Gasteiger partial charge is 0.240 e. The number of benzene rings is 2. The third-order valence-corrected chi connectivity index (χ3v) is 10.6. The second-order valence-electron chi connectivity index (χ2n) is 13.5. The molecule has 3 N–H and O–H groups in total. The van der Waals surface area contributed by atoms with E-state index in [1.807, 2.05) is 18.2 Å². The molecule has 0 aromatic heterocycles. The first kappa shape index (κ1) is 30.0. The van der Waals surface area contributed by atoms with E-state index in [1.165, 1.54) is 12.0 Å². The first-order valence-electron chi connectivity index (χ1n) is 15.3. The summed E-state index contributed by atoms with van der Waals surface area (Å²) in [6.45, 7) is 13.0.